The number of nitrogens with one attached hydrogen (secondary N) is 1. The van der Waals surface area contributed by atoms with Crippen LogP contribution in [0.4, 0.5) is 5.69 Å². The third-order valence-electron chi connectivity index (χ3n) is 5.21. The van der Waals surface area contributed by atoms with Gasteiger partial charge in [0, 0.05) is 12.2 Å². The van der Waals surface area contributed by atoms with E-state index in [1.807, 2.05) is 30.3 Å². The van der Waals surface area contributed by atoms with Gasteiger partial charge in [0.25, 0.3) is 0 Å². The van der Waals surface area contributed by atoms with E-state index in [1.165, 1.54) is 4.31 Å². The summed E-state index contributed by atoms with van der Waals surface area (Å²) in [7, 11) is -3.74. The molecule has 31 heavy (non-hydrogen) atoms. The Balaban J connectivity index is 1.46. The molecule has 1 saturated heterocycles. The smallest absolute Gasteiger partial charge is 0.243 e. The van der Waals surface area contributed by atoms with Crippen molar-refractivity contribution in [1.29, 1.82) is 0 Å². The molecule has 1 atom stereocenters. The largest absolute Gasteiger partial charge is 0.457 e. The first-order valence-corrected chi connectivity index (χ1v) is 11.7. The highest BCUT2D eigenvalue weighted by atomic mass is 32.2. The van der Waals surface area contributed by atoms with E-state index in [1.54, 1.807) is 54.6 Å². The van der Waals surface area contributed by atoms with Crippen LogP contribution < -0.4 is 10.1 Å². The molecule has 6 nitrogen and oxygen atoms in total. The fourth-order valence-electron chi connectivity index (χ4n) is 3.64. The molecular weight excluding hydrogens is 412 g/mol. The molecular formula is C24H24N2O4S. The first-order valence-electron chi connectivity index (χ1n) is 10.2. The highest BCUT2D eigenvalue weighted by Crippen LogP contribution is 2.27. The number of ether oxygens (including phenoxy) is 1. The lowest BCUT2D eigenvalue weighted by molar-refractivity contribution is -0.120. The van der Waals surface area contributed by atoms with Crippen molar-refractivity contribution in [3.05, 3.63) is 84.9 Å². The highest BCUT2D eigenvalue weighted by Gasteiger charge is 2.37. The molecule has 1 heterocycles. The third kappa shape index (κ3) is 4.95. The molecule has 1 fully saturated rings. The lowest BCUT2D eigenvalue weighted by Gasteiger charge is -2.33. The molecule has 1 aliphatic heterocycles. The van der Waals surface area contributed by atoms with Gasteiger partial charge in [0.1, 0.15) is 17.5 Å². The minimum atomic E-state index is -3.74. The number of para-hydroxylation sites is 1. The zero-order valence-corrected chi connectivity index (χ0v) is 17.8. The van der Waals surface area contributed by atoms with Crippen molar-refractivity contribution >= 4 is 21.6 Å². The third-order valence-corrected chi connectivity index (χ3v) is 7.13. The predicted molar refractivity (Wildman–Crippen MR) is 120 cm³/mol. The number of rotatable bonds is 6. The second kappa shape index (κ2) is 9.32. The summed E-state index contributed by atoms with van der Waals surface area (Å²) in [4.78, 5) is 13.2. The fraction of sp³-hybridized carbons (Fsp3) is 0.208. The number of hydrogen-bond donors (Lipinski definition) is 1. The second-order valence-corrected chi connectivity index (χ2v) is 9.26. The van der Waals surface area contributed by atoms with Gasteiger partial charge in [0.05, 0.1) is 4.90 Å². The molecule has 0 aromatic heterocycles. The predicted octanol–water partition coefficient (Wildman–Crippen LogP) is 4.66. The van der Waals surface area contributed by atoms with Crippen molar-refractivity contribution in [2.24, 2.45) is 0 Å². The van der Waals surface area contributed by atoms with Crippen LogP contribution in [0.3, 0.4) is 0 Å². The molecule has 0 aliphatic carbocycles. The van der Waals surface area contributed by atoms with Gasteiger partial charge < -0.3 is 10.1 Å². The maximum absolute atomic E-state index is 13.1. The number of sulfonamides is 1. The standard InChI is InChI=1S/C24H24N2O4S/c27-24(25-19-14-16-21(17-15-19)30-20-9-3-1-4-10-20)23-13-7-8-18-26(23)31(28,29)22-11-5-2-6-12-22/h1-6,9-12,14-17,23H,7-8,13,18H2,(H,25,27)/t23-/m1/s1. The van der Waals surface area contributed by atoms with Crippen molar-refractivity contribution < 1.29 is 17.9 Å². The van der Waals surface area contributed by atoms with Crippen LogP contribution in [0.2, 0.25) is 0 Å². The van der Waals surface area contributed by atoms with Gasteiger partial charge in [0.2, 0.25) is 15.9 Å². The summed E-state index contributed by atoms with van der Waals surface area (Å²) in [6, 6.07) is 24.0. The van der Waals surface area contributed by atoms with Gasteiger partial charge >= 0.3 is 0 Å². The van der Waals surface area contributed by atoms with E-state index in [0.717, 1.165) is 18.6 Å². The molecule has 0 spiro atoms. The van der Waals surface area contributed by atoms with E-state index in [-0.39, 0.29) is 10.8 Å². The Labute approximate surface area is 182 Å². The minimum Gasteiger partial charge on any atom is -0.457 e. The molecule has 3 aromatic carbocycles. The SMILES string of the molecule is O=C(Nc1ccc(Oc2ccccc2)cc1)[C@H]1CCCCN1S(=O)(=O)c1ccccc1. The minimum absolute atomic E-state index is 0.206. The average Bonchev–Trinajstić information content (AvgIpc) is 2.81. The Bertz CT molecular complexity index is 1120. The first-order chi connectivity index (χ1) is 15.0. The van der Waals surface area contributed by atoms with Crippen LogP contribution in [0.15, 0.2) is 89.8 Å². The van der Waals surface area contributed by atoms with Gasteiger partial charge in [-0.05, 0) is 61.4 Å². The van der Waals surface area contributed by atoms with Gasteiger partial charge in [-0.25, -0.2) is 8.42 Å². The molecule has 0 unspecified atom stereocenters. The summed E-state index contributed by atoms with van der Waals surface area (Å²) in [5.74, 6) is 1.05. The van der Waals surface area contributed by atoms with E-state index >= 15 is 0 Å². The van der Waals surface area contributed by atoms with Gasteiger partial charge in [-0.2, -0.15) is 4.31 Å². The Hall–Kier alpha value is -3.16. The molecule has 0 bridgehead atoms. The molecule has 3 aromatic rings. The van der Waals surface area contributed by atoms with Crippen LogP contribution in [0, 0.1) is 0 Å². The Morgan fingerprint density at radius 2 is 1.45 bits per heavy atom. The molecule has 1 aliphatic rings. The van der Waals surface area contributed by atoms with E-state index in [4.69, 9.17) is 4.74 Å². The van der Waals surface area contributed by atoms with Gasteiger partial charge in [-0.15, -0.1) is 0 Å². The molecule has 7 heteroatoms. The molecule has 160 valence electrons. The van der Waals surface area contributed by atoms with Crippen LogP contribution in [-0.4, -0.2) is 31.2 Å². The molecule has 4 rings (SSSR count). The number of piperidine rings is 1. The van der Waals surface area contributed by atoms with E-state index in [9.17, 15) is 13.2 Å². The quantitative estimate of drug-likeness (QED) is 0.610. The summed E-state index contributed by atoms with van der Waals surface area (Å²) < 4.78 is 33.3. The number of benzene rings is 3. The lowest BCUT2D eigenvalue weighted by atomic mass is 10.0. The number of anilines is 1. The summed E-state index contributed by atoms with van der Waals surface area (Å²) in [6.45, 7) is 0.333. The van der Waals surface area contributed by atoms with Crippen LogP contribution >= 0.6 is 0 Å². The Morgan fingerprint density at radius 3 is 2.13 bits per heavy atom. The van der Waals surface area contributed by atoms with Gasteiger partial charge in [0.15, 0.2) is 0 Å². The summed E-state index contributed by atoms with van der Waals surface area (Å²) >= 11 is 0. The zero-order valence-electron chi connectivity index (χ0n) is 17.0. The number of carbonyl (C=O) groups excluding carboxylic acids is 1. The highest BCUT2D eigenvalue weighted by molar-refractivity contribution is 7.89. The monoisotopic (exact) mass is 436 g/mol. The van der Waals surface area contributed by atoms with Crippen molar-refractivity contribution in [2.45, 2.75) is 30.2 Å². The average molecular weight is 437 g/mol. The Morgan fingerprint density at radius 1 is 0.839 bits per heavy atom. The number of hydrogen-bond acceptors (Lipinski definition) is 4. The number of carbonyl (C=O) groups is 1. The number of nitrogens with zero attached hydrogens (tertiary/aromatic N) is 1. The van der Waals surface area contributed by atoms with Gasteiger partial charge in [-0.3, -0.25) is 4.79 Å². The topological polar surface area (TPSA) is 75.7 Å². The van der Waals surface area contributed by atoms with E-state index in [0.29, 0.717) is 24.4 Å². The maximum atomic E-state index is 13.1. The van der Waals surface area contributed by atoms with Gasteiger partial charge in [-0.1, -0.05) is 42.8 Å². The molecule has 1 N–H and O–H groups in total. The lowest BCUT2D eigenvalue weighted by Crippen LogP contribution is -2.49. The zero-order chi connectivity index (χ0) is 21.7. The van der Waals surface area contributed by atoms with Crippen LogP contribution in [0.1, 0.15) is 19.3 Å². The van der Waals surface area contributed by atoms with Crippen molar-refractivity contribution in [1.82, 2.24) is 4.31 Å². The van der Waals surface area contributed by atoms with E-state index < -0.39 is 16.1 Å². The Kier molecular flexibility index (Phi) is 6.34. The summed E-state index contributed by atoms with van der Waals surface area (Å²) in [5.41, 5.74) is 0.591. The van der Waals surface area contributed by atoms with Crippen LogP contribution in [-0.2, 0) is 14.8 Å². The normalized spacial score (nSPS) is 17.1. The summed E-state index contributed by atoms with van der Waals surface area (Å²) in [6.07, 6.45) is 2.04. The van der Waals surface area contributed by atoms with Crippen molar-refractivity contribution in [3.8, 4) is 11.5 Å². The van der Waals surface area contributed by atoms with Crippen molar-refractivity contribution in [3.63, 3.8) is 0 Å². The fourth-order valence-corrected chi connectivity index (χ4v) is 5.32. The van der Waals surface area contributed by atoms with Crippen LogP contribution in [0.5, 0.6) is 11.5 Å². The van der Waals surface area contributed by atoms with Crippen LogP contribution in [0.25, 0.3) is 0 Å². The first kappa shape index (κ1) is 21.1. The maximum Gasteiger partial charge on any atom is 0.243 e. The van der Waals surface area contributed by atoms with Crippen molar-refractivity contribution in [2.75, 3.05) is 11.9 Å². The second-order valence-electron chi connectivity index (χ2n) is 7.37. The molecule has 0 radical (unpaired) electrons. The summed E-state index contributed by atoms with van der Waals surface area (Å²) in [5, 5.41) is 2.86. The number of amides is 1. The molecule has 1 amide bonds. The van der Waals surface area contributed by atoms with E-state index in [2.05, 4.69) is 5.32 Å². The molecule has 0 saturated carbocycles.